The van der Waals surface area contributed by atoms with Crippen molar-refractivity contribution in [2.24, 2.45) is 7.05 Å². The summed E-state index contributed by atoms with van der Waals surface area (Å²) in [4.78, 5) is 20.4. The molecule has 0 bridgehead atoms. The highest BCUT2D eigenvalue weighted by atomic mass is 19.4. The number of aromatic amines is 1. The van der Waals surface area contributed by atoms with Gasteiger partial charge in [0, 0.05) is 44.4 Å². The maximum absolute atomic E-state index is 12.7. The van der Waals surface area contributed by atoms with Gasteiger partial charge in [-0.3, -0.25) is 9.48 Å². The van der Waals surface area contributed by atoms with Gasteiger partial charge < -0.3 is 9.88 Å². The van der Waals surface area contributed by atoms with E-state index < -0.39 is 11.9 Å². The number of imidazole rings is 1. The van der Waals surface area contributed by atoms with Gasteiger partial charge in [-0.2, -0.15) is 18.3 Å². The Kier molecular flexibility index (Phi) is 4.82. The highest BCUT2D eigenvalue weighted by Gasteiger charge is 2.34. The Morgan fingerprint density at radius 2 is 2.24 bits per heavy atom. The van der Waals surface area contributed by atoms with E-state index in [9.17, 15) is 18.0 Å². The number of amides is 1. The van der Waals surface area contributed by atoms with Gasteiger partial charge in [0.25, 0.3) is 0 Å². The Balaban J connectivity index is 1.60. The number of rotatable bonds is 4. The lowest BCUT2D eigenvalue weighted by molar-refractivity contribution is -0.141. The number of alkyl halides is 3. The molecule has 0 aromatic carbocycles. The minimum absolute atomic E-state index is 0.00787. The summed E-state index contributed by atoms with van der Waals surface area (Å²) in [6.07, 6.45) is 0.497. The maximum atomic E-state index is 12.7. The first-order valence-corrected chi connectivity index (χ1v) is 8.21. The second-order valence-electron chi connectivity index (χ2n) is 6.30. The highest BCUT2D eigenvalue weighted by Crippen LogP contribution is 2.31. The standard InChI is InChI=1S/C16H20F3N5O/c1-23-12(6-7-21-23)4-5-14(25)24-8-2-3-11(10-24)15-20-9-13(22-15)16(17,18)19/h6-7,9,11H,2-5,8,10H2,1H3,(H,20,22)/t11-/m0/s1. The van der Waals surface area contributed by atoms with Crippen LogP contribution >= 0.6 is 0 Å². The monoisotopic (exact) mass is 355 g/mol. The summed E-state index contributed by atoms with van der Waals surface area (Å²) in [5.41, 5.74) is 0.130. The van der Waals surface area contributed by atoms with Crippen LogP contribution in [0.15, 0.2) is 18.5 Å². The van der Waals surface area contributed by atoms with E-state index in [0.29, 0.717) is 31.8 Å². The van der Waals surface area contributed by atoms with Crippen LogP contribution in [0.5, 0.6) is 0 Å². The summed E-state index contributed by atoms with van der Waals surface area (Å²) in [6, 6.07) is 1.87. The van der Waals surface area contributed by atoms with Gasteiger partial charge in [-0.05, 0) is 25.3 Å². The van der Waals surface area contributed by atoms with Crippen molar-refractivity contribution in [3.63, 3.8) is 0 Å². The molecule has 1 fully saturated rings. The van der Waals surface area contributed by atoms with E-state index in [1.807, 2.05) is 13.1 Å². The van der Waals surface area contributed by atoms with Crippen molar-refractivity contribution < 1.29 is 18.0 Å². The van der Waals surface area contributed by atoms with E-state index in [1.165, 1.54) is 0 Å². The minimum atomic E-state index is -4.43. The van der Waals surface area contributed by atoms with Crippen LogP contribution in [0.4, 0.5) is 13.2 Å². The molecule has 0 unspecified atom stereocenters. The average molecular weight is 355 g/mol. The van der Waals surface area contributed by atoms with Crippen molar-refractivity contribution in [3.8, 4) is 0 Å². The number of carbonyl (C=O) groups is 1. The Labute approximate surface area is 143 Å². The van der Waals surface area contributed by atoms with Gasteiger partial charge >= 0.3 is 6.18 Å². The van der Waals surface area contributed by atoms with E-state index in [0.717, 1.165) is 24.7 Å². The topological polar surface area (TPSA) is 66.8 Å². The number of H-pyrrole nitrogens is 1. The molecule has 1 atom stereocenters. The molecule has 6 nitrogen and oxygen atoms in total. The van der Waals surface area contributed by atoms with Crippen molar-refractivity contribution in [2.45, 2.75) is 37.8 Å². The summed E-state index contributed by atoms with van der Waals surface area (Å²) < 4.78 is 39.8. The van der Waals surface area contributed by atoms with Crippen molar-refractivity contribution in [3.05, 3.63) is 35.7 Å². The van der Waals surface area contributed by atoms with Crippen LogP contribution in [0.1, 0.15) is 42.4 Å². The third-order valence-electron chi connectivity index (χ3n) is 4.58. The van der Waals surface area contributed by atoms with Crippen LogP contribution in [0.3, 0.4) is 0 Å². The van der Waals surface area contributed by atoms with Gasteiger partial charge in [0.05, 0.1) is 6.20 Å². The number of hydrogen-bond donors (Lipinski definition) is 1. The summed E-state index contributed by atoms with van der Waals surface area (Å²) in [6.45, 7) is 1.03. The zero-order valence-corrected chi connectivity index (χ0v) is 13.9. The van der Waals surface area contributed by atoms with Gasteiger partial charge in [0.1, 0.15) is 11.5 Å². The van der Waals surface area contributed by atoms with Crippen molar-refractivity contribution in [1.82, 2.24) is 24.6 Å². The van der Waals surface area contributed by atoms with E-state index >= 15 is 0 Å². The molecule has 0 radical (unpaired) electrons. The van der Waals surface area contributed by atoms with Crippen LogP contribution < -0.4 is 0 Å². The molecule has 136 valence electrons. The number of halogens is 3. The van der Waals surface area contributed by atoms with Gasteiger partial charge in [-0.15, -0.1) is 0 Å². The van der Waals surface area contributed by atoms with Gasteiger partial charge in [0.2, 0.25) is 5.91 Å². The van der Waals surface area contributed by atoms with Crippen molar-refractivity contribution >= 4 is 5.91 Å². The molecule has 0 spiro atoms. The average Bonchev–Trinajstić information content (AvgIpc) is 3.21. The first-order valence-electron chi connectivity index (χ1n) is 8.21. The van der Waals surface area contributed by atoms with Crippen LogP contribution in [0.25, 0.3) is 0 Å². The highest BCUT2D eigenvalue weighted by molar-refractivity contribution is 5.76. The number of hydrogen-bond acceptors (Lipinski definition) is 3. The fourth-order valence-corrected chi connectivity index (χ4v) is 3.15. The largest absolute Gasteiger partial charge is 0.432 e. The lowest BCUT2D eigenvalue weighted by Crippen LogP contribution is -2.39. The second-order valence-corrected chi connectivity index (χ2v) is 6.30. The predicted molar refractivity (Wildman–Crippen MR) is 83.7 cm³/mol. The van der Waals surface area contributed by atoms with Gasteiger partial charge in [-0.1, -0.05) is 0 Å². The predicted octanol–water partition coefficient (Wildman–Crippen LogP) is 2.50. The van der Waals surface area contributed by atoms with Crippen molar-refractivity contribution in [2.75, 3.05) is 13.1 Å². The molecule has 3 heterocycles. The van der Waals surface area contributed by atoms with E-state index in [4.69, 9.17) is 0 Å². The van der Waals surface area contributed by atoms with E-state index in [-0.39, 0.29) is 11.8 Å². The number of likely N-dealkylation sites (tertiary alicyclic amines) is 1. The quantitative estimate of drug-likeness (QED) is 0.916. The molecule has 3 rings (SSSR count). The fourth-order valence-electron chi connectivity index (χ4n) is 3.15. The third kappa shape index (κ3) is 4.02. The van der Waals surface area contributed by atoms with Crippen LogP contribution in [-0.4, -0.2) is 43.6 Å². The molecule has 0 saturated carbocycles. The van der Waals surface area contributed by atoms with E-state index in [2.05, 4.69) is 15.1 Å². The molecular formula is C16H20F3N5O. The summed E-state index contributed by atoms with van der Waals surface area (Å²) in [5, 5.41) is 4.07. The Hall–Kier alpha value is -2.32. The number of nitrogens with zero attached hydrogens (tertiary/aromatic N) is 4. The van der Waals surface area contributed by atoms with Gasteiger partial charge in [0.15, 0.2) is 0 Å². The second kappa shape index (κ2) is 6.89. The van der Waals surface area contributed by atoms with Crippen LogP contribution in [-0.2, 0) is 24.4 Å². The Morgan fingerprint density at radius 1 is 1.44 bits per heavy atom. The molecule has 1 amide bonds. The third-order valence-corrected chi connectivity index (χ3v) is 4.58. The zero-order chi connectivity index (χ0) is 18.0. The van der Waals surface area contributed by atoms with Crippen molar-refractivity contribution in [1.29, 1.82) is 0 Å². The minimum Gasteiger partial charge on any atom is -0.342 e. The number of carbonyl (C=O) groups excluding carboxylic acids is 1. The summed E-state index contributed by atoms with van der Waals surface area (Å²) in [5.74, 6) is 0.121. The Bertz CT molecular complexity index is 736. The molecule has 1 saturated heterocycles. The fraction of sp³-hybridized carbons (Fsp3) is 0.562. The molecule has 25 heavy (non-hydrogen) atoms. The number of aromatic nitrogens is 4. The molecule has 2 aromatic heterocycles. The molecular weight excluding hydrogens is 335 g/mol. The molecule has 2 aromatic rings. The van der Waals surface area contributed by atoms with Crippen LogP contribution in [0.2, 0.25) is 0 Å². The maximum Gasteiger partial charge on any atom is 0.432 e. The number of nitrogens with one attached hydrogen (secondary N) is 1. The first kappa shape index (κ1) is 17.5. The number of piperidine rings is 1. The van der Waals surface area contributed by atoms with Crippen LogP contribution in [0, 0.1) is 0 Å². The lowest BCUT2D eigenvalue weighted by Gasteiger charge is -2.32. The molecule has 9 heteroatoms. The lowest BCUT2D eigenvalue weighted by atomic mass is 9.97. The normalized spacial score (nSPS) is 18.6. The molecule has 1 N–H and O–H groups in total. The molecule has 1 aliphatic rings. The Morgan fingerprint density at radius 3 is 2.88 bits per heavy atom. The molecule has 0 aliphatic carbocycles. The first-order chi connectivity index (χ1) is 11.8. The SMILES string of the molecule is Cn1nccc1CCC(=O)N1CCC[C@H](c2ncc(C(F)(F)F)[nH]2)C1. The smallest absolute Gasteiger partial charge is 0.342 e. The number of aryl methyl sites for hydroxylation is 2. The van der Waals surface area contributed by atoms with E-state index in [1.54, 1.807) is 15.8 Å². The summed E-state index contributed by atoms with van der Waals surface area (Å²) >= 11 is 0. The molecule has 1 aliphatic heterocycles. The summed E-state index contributed by atoms with van der Waals surface area (Å²) in [7, 11) is 1.83. The zero-order valence-electron chi connectivity index (χ0n) is 13.9. The van der Waals surface area contributed by atoms with Gasteiger partial charge in [-0.25, -0.2) is 4.98 Å².